The molecule has 1 aliphatic rings. The van der Waals surface area contributed by atoms with Crippen LogP contribution in [0.4, 0.5) is 0 Å². The van der Waals surface area contributed by atoms with Gasteiger partial charge in [0.05, 0.1) is 12.2 Å². The van der Waals surface area contributed by atoms with Gasteiger partial charge in [0, 0.05) is 0 Å². The van der Waals surface area contributed by atoms with E-state index in [0.717, 1.165) is 18.4 Å². The lowest BCUT2D eigenvalue weighted by Crippen LogP contribution is -2.44. The minimum Gasteiger partial charge on any atom is -0.391 e. The highest BCUT2D eigenvalue weighted by molar-refractivity contribution is 5.45. The summed E-state index contributed by atoms with van der Waals surface area (Å²) < 4.78 is 0. The predicted octanol–water partition coefficient (Wildman–Crippen LogP) is 2.80. The number of aryl methyl sites for hydroxylation is 1. The van der Waals surface area contributed by atoms with Crippen molar-refractivity contribution in [2.24, 2.45) is 5.41 Å². The SMILES string of the molecule is CC(C)(C)C(O)C1(C#N)CCc2ccccc21. The third-order valence-electron chi connectivity index (χ3n) is 3.77. The van der Waals surface area contributed by atoms with Crippen LogP contribution in [0.15, 0.2) is 24.3 Å². The van der Waals surface area contributed by atoms with Gasteiger partial charge in [-0.3, -0.25) is 0 Å². The number of nitrogens with zero attached hydrogens (tertiary/aromatic N) is 1. The van der Waals surface area contributed by atoms with E-state index in [4.69, 9.17) is 0 Å². The summed E-state index contributed by atoms with van der Waals surface area (Å²) in [5.74, 6) is 0. The Morgan fingerprint density at radius 2 is 2.00 bits per heavy atom. The average Bonchev–Trinajstić information content (AvgIpc) is 2.67. The van der Waals surface area contributed by atoms with Crippen molar-refractivity contribution < 1.29 is 5.11 Å². The number of benzene rings is 1. The molecule has 1 aromatic carbocycles. The van der Waals surface area contributed by atoms with Crippen molar-refractivity contribution in [3.8, 4) is 6.07 Å². The second-order valence-electron chi connectivity index (χ2n) is 6.01. The van der Waals surface area contributed by atoms with Gasteiger partial charge in [0.25, 0.3) is 0 Å². The van der Waals surface area contributed by atoms with E-state index >= 15 is 0 Å². The molecule has 1 aromatic rings. The monoisotopic (exact) mass is 229 g/mol. The molecular formula is C15H19NO. The summed E-state index contributed by atoms with van der Waals surface area (Å²) in [6.07, 6.45) is 0.974. The summed E-state index contributed by atoms with van der Waals surface area (Å²) >= 11 is 0. The van der Waals surface area contributed by atoms with Gasteiger partial charge in [0.1, 0.15) is 5.41 Å². The zero-order chi connectivity index (χ0) is 12.7. The van der Waals surface area contributed by atoms with Crippen LogP contribution in [0.5, 0.6) is 0 Å². The van der Waals surface area contributed by atoms with Gasteiger partial charge in [0.2, 0.25) is 0 Å². The molecule has 0 saturated carbocycles. The Labute approximate surface area is 103 Å². The van der Waals surface area contributed by atoms with Crippen molar-refractivity contribution >= 4 is 0 Å². The van der Waals surface area contributed by atoms with Crippen LogP contribution in [-0.4, -0.2) is 11.2 Å². The quantitative estimate of drug-likeness (QED) is 0.804. The molecule has 0 amide bonds. The Balaban J connectivity index is 2.53. The molecule has 0 bridgehead atoms. The number of aliphatic hydroxyl groups excluding tert-OH is 1. The fraction of sp³-hybridized carbons (Fsp3) is 0.533. The van der Waals surface area contributed by atoms with Crippen LogP contribution in [-0.2, 0) is 11.8 Å². The van der Waals surface area contributed by atoms with E-state index in [1.54, 1.807) is 0 Å². The standard InChI is InChI=1S/C15H19NO/c1-14(2,3)13(17)15(10-16)9-8-11-6-4-5-7-12(11)15/h4-7,13,17H,8-9H2,1-3H3. The molecule has 90 valence electrons. The number of hydrogen-bond donors (Lipinski definition) is 1. The molecule has 2 unspecified atom stereocenters. The Bertz CT molecular complexity index is 467. The molecule has 2 rings (SSSR count). The van der Waals surface area contributed by atoms with Crippen LogP contribution in [0.2, 0.25) is 0 Å². The Morgan fingerprint density at radius 1 is 1.35 bits per heavy atom. The van der Waals surface area contributed by atoms with E-state index in [1.807, 2.05) is 39.0 Å². The average molecular weight is 229 g/mol. The lowest BCUT2D eigenvalue weighted by Gasteiger charge is -2.37. The Morgan fingerprint density at radius 3 is 2.59 bits per heavy atom. The van der Waals surface area contributed by atoms with Crippen LogP contribution in [0.3, 0.4) is 0 Å². The van der Waals surface area contributed by atoms with Crippen molar-refractivity contribution in [1.29, 1.82) is 5.26 Å². The first-order chi connectivity index (χ1) is 7.92. The summed E-state index contributed by atoms with van der Waals surface area (Å²) in [7, 11) is 0. The highest BCUT2D eigenvalue weighted by Crippen LogP contribution is 2.45. The molecule has 0 radical (unpaired) electrons. The normalized spacial score (nSPS) is 25.1. The van der Waals surface area contributed by atoms with Gasteiger partial charge < -0.3 is 5.11 Å². The number of aliphatic hydroxyl groups is 1. The molecule has 2 heteroatoms. The number of rotatable bonds is 1. The molecule has 1 aliphatic carbocycles. The second-order valence-corrected chi connectivity index (χ2v) is 6.01. The third kappa shape index (κ3) is 1.75. The predicted molar refractivity (Wildman–Crippen MR) is 67.5 cm³/mol. The van der Waals surface area contributed by atoms with Gasteiger partial charge in [-0.2, -0.15) is 5.26 Å². The Kier molecular flexibility index (Phi) is 2.75. The van der Waals surface area contributed by atoms with E-state index in [0.29, 0.717) is 0 Å². The lowest BCUT2D eigenvalue weighted by molar-refractivity contribution is 0.0134. The van der Waals surface area contributed by atoms with Crippen LogP contribution in [0, 0.1) is 16.7 Å². The number of fused-ring (bicyclic) bond motifs is 1. The smallest absolute Gasteiger partial charge is 0.109 e. The zero-order valence-electron chi connectivity index (χ0n) is 10.7. The highest BCUT2D eigenvalue weighted by atomic mass is 16.3. The van der Waals surface area contributed by atoms with Gasteiger partial charge in [-0.15, -0.1) is 0 Å². The van der Waals surface area contributed by atoms with Gasteiger partial charge in [0.15, 0.2) is 0 Å². The van der Waals surface area contributed by atoms with Crippen LogP contribution in [0.25, 0.3) is 0 Å². The van der Waals surface area contributed by atoms with Gasteiger partial charge in [-0.25, -0.2) is 0 Å². The van der Waals surface area contributed by atoms with Crippen molar-refractivity contribution in [3.63, 3.8) is 0 Å². The first-order valence-corrected chi connectivity index (χ1v) is 6.09. The van der Waals surface area contributed by atoms with Gasteiger partial charge >= 0.3 is 0 Å². The maximum absolute atomic E-state index is 10.6. The summed E-state index contributed by atoms with van der Waals surface area (Å²) in [6.45, 7) is 5.95. The summed E-state index contributed by atoms with van der Waals surface area (Å²) in [6, 6.07) is 10.4. The van der Waals surface area contributed by atoms with E-state index in [9.17, 15) is 10.4 Å². The molecule has 0 aliphatic heterocycles. The lowest BCUT2D eigenvalue weighted by atomic mass is 9.68. The largest absolute Gasteiger partial charge is 0.391 e. The van der Waals surface area contributed by atoms with Crippen molar-refractivity contribution in [3.05, 3.63) is 35.4 Å². The molecule has 0 aromatic heterocycles. The van der Waals surface area contributed by atoms with Crippen molar-refractivity contribution in [2.75, 3.05) is 0 Å². The first-order valence-electron chi connectivity index (χ1n) is 6.09. The molecule has 0 spiro atoms. The van der Waals surface area contributed by atoms with E-state index in [-0.39, 0.29) is 5.41 Å². The summed E-state index contributed by atoms with van der Waals surface area (Å²) in [4.78, 5) is 0. The van der Waals surface area contributed by atoms with Gasteiger partial charge in [-0.1, -0.05) is 45.0 Å². The van der Waals surface area contributed by atoms with Crippen molar-refractivity contribution in [2.45, 2.75) is 45.1 Å². The van der Waals surface area contributed by atoms with Crippen LogP contribution < -0.4 is 0 Å². The molecule has 0 fully saturated rings. The summed E-state index contributed by atoms with van der Waals surface area (Å²) in [5.41, 5.74) is 1.21. The van der Waals surface area contributed by atoms with Gasteiger partial charge in [-0.05, 0) is 29.4 Å². The molecule has 0 heterocycles. The molecule has 2 atom stereocenters. The maximum Gasteiger partial charge on any atom is 0.109 e. The van der Waals surface area contributed by atoms with E-state index < -0.39 is 11.5 Å². The molecule has 0 saturated heterocycles. The third-order valence-corrected chi connectivity index (χ3v) is 3.77. The summed E-state index contributed by atoms with van der Waals surface area (Å²) in [5, 5.41) is 20.1. The molecule has 2 nitrogen and oxygen atoms in total. The first kappa shape index (κ1) is 12.1. The van der Waals surface area contributed by atoms with Crippen molar-refractivity contribution in [1.82, 2.24) is 0 Å². The molecule has 17 heavy (non-hydrogen) atoms. The minimum atomic E-state index is -0.727. The minimum absolute atomic E-state index is 0.285. The maximum atomic E-state index is 10.6. The number of hydrogen-bond acceptors (Lipinski definition) is 2. The van der Waals surface area contributed by atoms with Crippen LogP contribution in [0.1, 0.15) is 38.3 Å². The number of nitriles is 1. The van der Waals surface area contributed by atoms with Crippen LogP contribution >= 0.6 is 0 Å². The van der Waals surface area contributed by atoms with E-state index in [2.05, 4.69) is 12.1 Å². The topological polar surface area (TPSA) is 44.0 Å². The molecule has 1 N–H and O–H groups in total. The fourth-order valence-corrected chi connectivity index (χ4v) is 2.84. The highest BCUT2D eigenvalue weighted by Gasteiger charge is 2.49. The fourth-order valence-electron chi connectivity index (χ4n) is 2.84. The Hall–Kier alpha value is -1.33. The van der Waals surface area contributed by atoms with E-state index in [1.165, 1.54) is 5.56 Å². The second kappa shape index (κ2) is 3.85. The molecular weight excluding hydrogens is 210 g/mol. The zero-order valence-corrected chi connectivity index (χ0v) is 10.7.